The number of nitrogens with zero attached hydrogens (tertiary/aromatic N) is 2. The summed E-state index contributed by atoms with van der Waals surface area (Å²) in [5.41, 5.74) is 2.06. The molecule has 126 valence electrons. The molecule has 1 amide bonds. The molecule has 1 saturated heterocycles. The van der Waals surface area contributed by atoms with Gasteiger partial charge < -0.3 is 9.80 Å². The van der Waals surface area contributed by atoms with Gasteiger partial charge in [0.05, 0.1) is 0 Å². The molecule has 22 heavy (non-hydrogen) atoms. The zero-order valence-corrected chi connectivity index (χ0v) is 15.5. The van der Waals surface area contributed by atoms with E-state index in [-0.39, 0.29) is 5.91 Å². The quantitative estimate of drug-likeness (QED) is 0.815. The number of hydrogen-bond acceptors (Lipinski definition) is 2. The maximum atomic E-state index is 12.4. The topological polar surface area (TPSA) is 23.6 Å². The molecule has 0 bridgehead atoms. The summed E-state index contributed by atoms with van der Waals surface area (Å²) in [5, 5.41) is 0. The van der Waals surface area contributed by atoms with E-state index in [1.165, 1.54) is 5.56 Å². The molecular formula is C19H34N2O. The van der Waals surface area contributed by atoms with Crippen LogP contribution in [0.3, 0.4) is 0 Å². The predicted molar refractivity (Wildman–Crippen MR) is 96.6 cm³/mol. The average molecular weight is 306 g/mol. The number of likely N-dealkylation sites (N-methyl/N-ethyl adjacent to an activating group) is 1. The van der Waals surface area contributed by atoms with Crippen LogP contribution in [-0.4, -0.2) is 48.9 Å². The van der Waals surface area contributed by atoms with Gasteiger partial charge in [0.25, 0.3) is 5.91 Å². The predicted octanol–water partition coefficient (Wildman–Crippen LogP) is 4.25. The van der Waals surface area contributed by atoms with Gasteiger partial charge in [-0.05, 0) is 30.7 Å². The highest BCUT2D eigenvalue weighted by Gasteiger charge is 2.20. The molecule has 1 fully saturated rings. The Morgan fingerprint density at radius 2 is 1.55 bits per heavy atom. The molecule has 2 rings (SSSR count). The zero-order valence-electron chi connectivity index (χ0n) is 15.5. The Morgan fingerprint density at radius 3 is 2.05 bits per heavy atom. The van der Waals surface area contributed by atoms with Crippen molar-refractivity contribution in [3.63, 3.8) is 0 Å². The third-order valence-electron chi connectivity index (χ3n) is 3.59. The first-order valence-electron chi connectivity index (χ1n) is 8.65. The minimum Gasteiger partial charge on any atom is -0.336 e. The van der Waals surface area contributed by atoms with Gasteiger partial charge in [-0.15, -0.1) is 0 Å². The fourth-order valence-corrected chi connectivity index (χ4v) is 2.22. The monoisotopic (exact) mass is 306 g/mol. The molecule has 1 aliphatic heterocycles. The molecular weight excluding hydrogens is 272 g/mol. The minimum atomic E-state index is 0.172. The van der Waals surface area contributed by atoms with Crippen LogP contribution in [0.4, 0.5) is 0 Å². The lowest BCUT2D eigenvalue weighted by molar-refractivity contribution is 0.0664. The van der Waals surface area contributed by atoms with Gasteiger partial charge in [-0.25, -0.2) is 0 Å². The van der Waals surface area contributed by atoms with Crippen LogP contribution in [0.25, 0.3) is 0 Å². The highest BCUT2D eigenvalue weighted by atomic mass is 16.2. The maximum Gasteiger partial charge on any atom is 0.253 e. The van der Waals surface area contributed by atoms with E-state index >= 15 is 0 Å². The largest absolute Gasteiger partial charge is 0.336 e. The van der Waals surface area contributed by atoms with Crippen molar-refractivity contribution >= 4 is 5.91 Å². The molecule has 3 nitrogen and oxygen atoms in total. The molecule has 0 unspecified atom stereocenters. The van der Waals surface area contributed by atoms with Gasteiger partial charge in [0.15, 0.2) is 0 Å². The summed E-state index contributed by atoms with van der Waals surface area (Å²) in [6, 6.07) is 8.03. The van der Waals surface area contributed by atoms with E-state index in [9.17, 15) is 4.79 Å². The summed E-state index contributed by atoms with van der Waals surface area (Å²) in [6.07, 6.45) is 0. The Morgan fingerprint density at radius 1 is 1.00 bits per heavy atom. The summed E-state index contributed by atoms with van der Waals surface area (Å²) in [5.74, 6) is 0.635. The van der Waals surface area contributed by atoms with Gasteiger partial charge in [-0.2, -0.15) is 0 Å². The fourth-order valence-electron chi connectivity index (χ4n) is 2.22. The van der Waals surface area contributed by atoms with Crippen LogP contribution < -0.4 is 0 Å². The Labute approximate surface area is 137 Å². The molecule has 1 heterocycles. The van der Waals surface area contributed by atoms with Gasteiger partial charge >= 0.3 is 0 Å². The number of benzene rings is 1. The van der Waals surface area contributed by atoms with E-state index in [1.807, 2.05) is 50.8 Å². The summed E-state index contributed by atoms with van der Waals surface area (Å²) in [7, 11) is 2.10. The Balaban J connectivity index is 0.00000102. The van der Waals surface area contributed by atoms with Crippen molar-refractivity contribution in [3.05, 3.63) is 35.4 Å². The van der Waals surface area contributed by atoms with E-state index in [4.69, 9.17) is 0 Å². The van der Waals surface area contributed by atoms with Crippen LogP contribution in [0.5, 0.6) is 0 Å². The molecule has 1 aliphatic rings. The van der Waals surface area contributed by atoms with Gasteiger partial charge in [0, 0.05) is 31.7 Å². The molecule has 0 aliphatic carbocycles. The smallest absolute Gasteiger partial charge is 0.253 e. The van der Waals surface area contributed by atoms with E-state index in [0.717, 1.165) is 31.7 Å². The molecule has 0 N–H and O–H groups in total. The van der Waals surface area contributed by atoms with E-state index in [0.29, 0.717) is 5.92 Å². The highest BCUT2D eigenvalue weighted by molar-refractivity contribution is 5.94. The van der Waals surface area contributed by atoms with Gasteiger partial charge in [0.2, 0.25) is 0 Å². The summed E-state index contributed by atoms with van der Waals surface area (Å²) in [6.45, 7) is 15.9. The number of amides is 1. The van der Waals surface area contributed by atoms with Crippen molar-refractivity contribution < 1.29 is 4.79 Å². The molecule has 1 aromatic carbocycles. The van der Waals surface area contributed by atoms with Crippen LogP contribution in [0, 0.1) is 0 Å². The molecule has 0 spiro atoms. The first-order chi connectivity index (χ1) is 10.6. The van der Waals surface area contributed by atoms with Crippen LogP contribution in [0.2, 0.25) is 0 Å². The molecule has 3 heteroatoms. The van der Waals surface area contributed by atoms with Crippen molar-refractivity contribution in [1.82, 2.24) is 9.80 Å². The Bertz CT molecular complexity index is 421. The molecule has 0 atom stereocenters. The van der Waals surface area contributed by atoms with Crippen molar-refractivity contribution in [2.45, 2.75) is 47.5 Å². The SMILES string of the molecule is CC.CC.CC(C)c1cccc(C(=O)N2CCN(C)CC2)c1. The van der Waals surface area contributed by atoms with E-state index in [2.05, 4.69) is 31.9 Å². The average Bonchev–Trinajstić information content (AvgIpc) is 2.58. The summed E-state index contributed by atoms with van der Waals surface area (Å²) in [4.78, 5) is 16.6. The third-order valence-corrected chi connectivity index (χ3v) is 3.59. The van der Waals surface area contributed by atoms with Crippen LogP contribution in [0.15, 0.2) is 24.3 Å². The Hall–Kier alpha value is -1.35. The maximum absolute atomic E-state index is 12.4. The lowest BCUT2D eigenvalue weighted by Crippen LogP contribution is -2.47. The number of rotatable bonds is 2. The molecule has 0 aromatic heterocycles. The molecule has 1 aromatic rings. The van der Waals surface area contributed by atoms with Crippen LogP contribution >= 0.6 is 0 Å². The van der Waals surface area contributed by atoms with E-state index < -0.39 is 0 Å². The van der Waals surface area contributed by atoms with Gasteiger partial charge in [-0.1, -0.05) is 53.7 Å². The van der Waals surface area contributed by atoms with Crippen molar-refractivity contribution in [1.29, 1.82) is 0 Å². The summed E-state index contributed by atoms with van der Waals surface area (Å²) < 4.78 is 0. The van der Waals surface area contributed by atoms with Gasteiger partial charge in [-0.3, -0.25) is 4.79 Å². The first-order valence-corrected chi connectivity index (χ1v) is 8.65. The van der Waals surface area contributed by atoms with E-state index in [1.54, 1.807) is 0 Å². The highest BCUT2D eigenvalue weighted by Crippen LogP contribution is 2.17. The van der Waals surface area contributed by atoms with Gasteiger partial charge in [0.1, 0.15) is 0 Å². The van der Waals surface area contributed by atoms with Crippen LogP contribution in [0.1, 0.15) is 63.4 Å². The lowest BCUT2D eigenvalue weighted by Gasteiger charge is -2.32. The van der Waals surface area contributed by atoms with Crippen LogP contribution in [-0.2, 0) is 0 Å². The molecule has 0 saturated carbocycles. The number of carbonyl (C=O) groups excluding carboxylic acids is 1. The number of carbonyl (C=O) groups is 1. The number of hydrogen-bond donors (Lipinski definition) is 0. The minimum absolute atomic E-state index is 0.172. The van der Waals surface area contributed by atoms with Crippen molar-refractivity contribution in [2.24, 2.45) is 0 Å². The zero-order chi connectivity index (χ0) is 17.1. The molecule has 0 radical (unpaired) electrons. The fraction of sp³-hybridized carbons (Fsp3) is 0.632. The second-order valence-electron chi connectivity index (χ2n) is 5.38. The number of piperazine rings is 1. The first kappa shape index (κ1) is 20.6. The van der Waals surface area contributed by atoms with Crippen molar-refractivity contribution in [3.8, 4) is 0 Å². The normalized spacial score (nSPS) is 14.6. The second-order valence-corrected chi connectivity index (χ2v) is 5.38. The second kappa shape index (κ2) is 11.2. The standard InChI is InChI=1S/C15H22N2O.2C2H6/c1-12(2)13-5-4-6-14(11-13)15(18)17-9-7-16(3)8-10-17;2*1-2/h4-6,11-12H,7-10H2,1-3H3;2*1-2H3. The summed E-state index contributed by atoms with van der Waals surface area (Å²) >= 11 is 0. The third kappa shape index (κ3) is 6.18. The Kier molecular flexibility index (Phi) is 10.6. The van der Waals surface area contributed by atoms with Crippen molar-refractivity contribution in [2.75, 3.05) is 33.2 Å². The lowest BCUT2D eigenvalue weighted by atomic mass is 10.0.